The van der Waals surface area contributed by atoms with Crippen molar-refractivity contribution in [2.75, 3.05) is 13.2 Å². The Hall–Kier alpha value is -3.45. The number of hydrogen-bond donors (Lipinski definition) is 1. The fraction of sp³-hybridized carbons (Fsp3) is 0.414. The van der Waals surface area contributed by atoms with E-state index in [4.69, 9.17) is 20.0 Å². The third kappa shape index (κ3) is 4.22. The lowest BCUT2D eigenvalue weighted by Crippen LogP contribution is -2.35. The maximum atomic E-state index is 11.9. The number of hydrogen-bond acceptors (Lipinski definition) is 5. The van der Waals surface area contributed by atoms with Gasteiger partial charge in [0.05, 0.1) is 22.1 Å². The molecule has 4 heterocycles. The molecule has 0 unspecified atom stereocenters. The van der Waals surface area contributed by atoms with E-state index in [-0.39, 0.29) is 11.3 Å². The Labute approximate surface area is 211 Å². The predicted molar refractivity (Wildman–Crippen MR) is 141 cm³/mol. The van der Waals surface area contributed by atoms with Gasteiger partial charge in [-0.3, -0.25) is 9.78 Å². The van der Waals surface area contributed by atoms with Gasteiger partial charge in [-0.1, -0.05) is 36.3 Å². The zero-order valence-electron chi connectivity index (χ0n) is 21.7. The standard InChI is InChI=1S/C29H34N4O3/c1-18-25(19(2)36-32-18)21-14-24-26(31-15-21)23(16-33(24)17-29(5)10-12-35-13-11-29)20-6-8-22(9-7-20)28(3,4)27(30)34/h6-9,14-16H,10-13,17H2,1-5H3,(H2,30,34). The van der Waals surface area contributed by atoms with E-state index in [1.807, 2.05) is 46.0 Å². The third-order valence-electron chi connectivity index (χ3n) is 7.82. The minimum Gasteiger partial charge on any atom is -0.381 e. The number of nitrogens with two attached hydrogens (primary N) is 1. The second kappa shape index (κ2) is 8.89. The van der Waals surface area contributed by atoms with Gasteiger partial charge in [0.15, 0.2) is 0 Å². The van der Waals surface area contributed by atoms with Crippen LogP contribution in [0.4, 0.5) is 0 Å². The Kier molecular flexibility index (Phi) is 5.99. The first-order valence-electron chi connectivity index (χ1n) is 12.5. The Morgan fingerprint density at radius 1 is 1.14 bits per heavy atom. The first kappa shape index (κ1) is 24.3. The highest BCUT2D eigenvalue weighted by atomic mass is 16.5. The summed E-state index contributed by atoms with van der Waals surface area (Å²) in [5.74, 6) is 0.445. The highest BCUT2D eigenvalue weighted by molar-refractivity contribution is 5.95. The number of primary amides is 1. The fourth-order valence-corrected chi connectivity index (χ4v) is 5.18. The first-order valence-corrected chi connectivity index (χ1v) is 12.5. The minimum absolute atomic E-state index is 0.149. The fourth-order valence-electron chi connectivity index (χ4n) is 5.18. The molecule has 7 heteroatoms. The summed E-state index contributed by atoms with van der Waals surface area (Å²) in [5.41, 5.74) is 12.9. The zero-order valence-corrected chi connectivity index (χ0v) is 21.7. The van der Waals surface area contributed by atoms with Gasteiger partial charge in [0.25, 0.3) is 0 Å². The number of pyridine rings is 1. The van der Waals surface area contributed by atoms with Crippen LogP contribution in [-0.2, 0) is 21.5 Å². The molecule has 3 aromatic heterocycles. The van der Waals surface area contributed by atoms with Gasteiger partial charge in [-0.25, -0.2) is 0 Å². The number of nitrogens with zero attached hydrogens (tertiary/aromatic N) is 3. The van der Waals surface area contributed by atoms with E-state index in [1.54, 1.807) is 0 Å². The van der Waals surface area contributed by atoms with Crippen molar-refractivity contribution in [1.29, 1.82) is 0 Å². The summed E-state index contributed by atoms with van der Waals surface area (Å²) in [6, 6.07) is 10.3. The van der Waals surface area contributed by atoms with Gasteiger partial charge in [0.2, 0.25) is 5.91 Å². The molecule has 0 atom stereocenters. The van der Waals surface area contributed by atoms with Crippen LogP contribution in [0.3, 0.4) is 0 Å². The van der Waals surface area contributed by atoms with Crippen LogP contribution in [0.25, 0.3) is 33.3 Å². The molecule has 1 aliphatic heterocycles. The quantitative estimate of drug-likeness (QED) is 0.385. The molecule has 4 aromatic rings. The van der Waals surface area contributed by atoms with Crippen molar-refractivity contribution in [3.05, 3.63) is 59.7 Å². The summed E-state index contributed by atoms with van der Waals surface area (Å²) in [4.78, 5) is 16.9. The Bertz CT molecular complexity index is 1400. The van der Waals surface area contributed by atoms with E-state index >= 15 is 0 Å². The number of fused-ring (bicyclic) bond motifs is 1. The number of ether oxygens (including phenoxy) is 1. The van der Waals surface area contributed by atoms with Crippen LogP contribution in [-0.4, -0.2) is 33.8 Å². The largest absolute Gasteiger partial charge is 0.381 e. The van der Waals surface area contributed by atoms with Crippen molar-refractivity contribution in [2.24, 2.45) is 11.1 Å². The van der Waals surface area contributed by atoms with Crippen LogP contribution >= 0.6 is 0 Å². The Balaban J connectivity index is 1.63. The summed E-state index contributed by atoms with van der Waals surface area (Å²) in [6.07, 6.45) is 6.17. The van der Waals surface area contributed by atoms with Gasteiger partial charge in [-0.2, -0.15) is 0 Å². The highest BCUT2D eigenvalue weighted by Crippen LogP contribution is 2.38. The monoisotopic (exact) mass is 486 g/mol. The summed E-state index contributed by atoms with van der Waals surface area (Å²) in [5, 5.41) is 4.14. The maximum Gasteiger partial charge on any atom is 0.227 e. The average molecular weight is 487 g/mol. The van der Waals surface area contributed by atoms with E-state index < -0.39 is 5.41 Å². The van der Waals surface area contributed by atoms with Crippen molar-refractivity contribution >= 4 is 16.9 Å². The van der Waals surface area contributed by atoms with Crippen LogP contribution in [0.5, 0.6) is 0 Å². The predicted octanol–water partition coefficient (Wildman–Crippen LogP) is 5.55. The van der Waals surface area contributed by atoms with Crippen LogP contribution in [0.2, 0.25) is 0 Å². The van der Waals surface area contributed by atoms with E-state index in [2.05, 4.69) is 41.0 Å². The van der Waals surface area contributed by atoms with Crippen molar-refractivity contribution in [1.82, 2.24) is 14.7 Å². The number of benzene rings is 1. The van der Waals surface area contributed by atoms with Crippen molar-refractivity contribution < 1.29 is 14.1 Å². The summed E-state index contributed by atoms with van der Waals surface area (Å²) in [7, 11) is 0. The van der Waals surface area contributed by atoms with E-state index in [0.29, 0.717) is 0 Å². The first-order chi connectivity index (χ1) is 17.1. The maximum absolute atomic E-state index is 11.9. The highest BCUT2D eigenvalue weighted by Gasteiger charge is 2.30. The molecule has 5 rings (SSSR count). The number of carbonyl (C=O) groups excluding carboxylic acids is 1. The van der Waals surface area contributed by atoms with Crippen LogP contribution < -0.4 is 5.73 Å². The van der Waals surface area contributed by atoms with Crippen LogP contribution in [0, 0.1) is 19.3 Å². The lowest BCUT2D eigenvalue weighted by molar-refractivity contribution is -0.122. The van der Waals surface area contributed by atoms with Gasteiger partial charge >= 0.3 is 0 Å². The SMILES string of the molecule is Cc1noc(C)c1-c1cnc2c(-c3ccc(C(C)(C)C(N)=O)cc3)cn(CC3(C)CCOCC3)c2c1. The van der Waals surface area contributed by atoms with Crippen LogP contribution in [0.1, 0.15) is 50.6 Å². The molecule has 1 amide bonds. The second-order valence-corrected chi connectivity index (χ2v) is 11.0. The van der Waals surface area contributed by atoms with Gasteiger partial charge in [-0.15, -0.1) is 0 Å². The molecular formula is C29H34N4O3. The second-order valence-electron chi connectivity index (χ2n) is 11.0. The molecular weight excluding hydrogens is 452 g/mol. The molecule has 0 aliphatic carbocycles. The van der Waals surface area contributed by atoms with E-state index in [0.717, 1.165) is 82.9 Å². The molecule has 1 fully saturated rings. The molecule has 0 bridgehead atoms. The van der Waals surface area contributed by atoms with Gasteiger partial charge < -0.3 is 19.6 Å². The smallest absolute Gasteiger partial charge is 0.227 e. The lowest BCUT2D eigenvalue weighted by Gasteiger charge is -2.34. The zero-order chi connectivity index (χ0) is 25.7. The molecule has 0 radical (unpaired) electrons. The molecule has 1 aromatic carbocycles. The Morgan fingerprint density at radius 3 is 2.44 bits per heavy atom. The number of aryl methyl sites for hydroxylation is 2. The molecule has 36 heavy (non-hydrogen) atoms. The molecule has 188 valence electrons. The normalized spacial score (nSPS) is 15.9. The summed E-state index contributed by atoms with van der Waals surface area (Å²) in [6.45, 7) is 12.4. The average Bonchev–Trinajstić information content (AvgIpc) is 3.37. The molecule has 0 spiro atoms. The summed E-state index contributed by atoms with van der Waals surface area (Å²) < 4.78 is 13.4. The Morgan fingerprint density at radius 2 is 1.83 bits per heavy atom. The van der Waals surface area contributed by atoms with E-state index in [9.17, 15) is 4.79 Å². The number of amides is 1. The molecule has 7 nitrogen and oxygen atoms in total. The van der Waals surface area contributed by atoms with Gasteiger partial charge in [0, 0.05) is 48.8 Å². The summed E-state index contributed by atoms with van der Waals surface area (Å²) >= 11 is 0. The van der Waals surface area contributed by atoms with Crippen molar-refractivity contribution in [3.8, 4) is 22.3 Å². The number of aromatic nitrogens is 3. The topological polar surface area (TPSA) is 96.2 Å². The van der Waals surface area contributed by atoms with Crippen molar-refractivity contribution in [3.63, 3.8) is 0 Å². The van der Waals surface area contributed by atoms with E-state index in [1.165, 1.54) is 0 Å². The molecule has 0 saturated carbocycles. The molecule has 1 saturated heterocycles. The molecule has 2 N–H and O–H groups in total. The third-order valence-corrected chi connectivity index (χ3v) is 7.82. The van der Waals surface area contributed by atoms with Gasteiger partial charge in [-0.05, 0) is 63.1 Å². The minimum atomic E-state index is -0.730. The number of rotatable bonds is 6. The molecule has 1 aliphatic rings. The lowest BCUT2D eigenvalue weighted by atomic mass is 9.82. The van der Waals surface area contributed by atoms with Gasteiger partial charge in [0.1, 0.15) is 5.76 Å². The number of carbonyl (C=O) groups is 1. The van der Waals surface area contributed by atoms with Crippen LogP contribution in [0.15, 0.2) is 47.2 Å². The van der Waals surface area contributed by atoms with Crippen molar-refractivity contribution in [2.45, 2.75) is 59.4 Å².